The summed E-state index contributed by atoms with van der Waals surface area (Å²) in [7, 11) is 0. The quantitative estimate of drug-likeness (QED) is 0.766. The van der Waals surface area contributed by atoms with Gasteiger partial charge in [0.25, 0.3) is 0 Å². The Bertz CT molecular complexity index is 500. The Labute approximate surface area is 93.5 Å². The Hall–Kier alpha value is -1.65. The lowest BCUT2D eigenvalue weighted by molar-refractivity contribution is 0.385. The van der Waals surface area contributed by atoms with Gasteiger partial charge in [0.2, 0.25) is 5.89 Å². The third-order valence-electron chi connectivity index (χ3n) is 2.99. The van der Waals surface area contributed by atoms with E-state index in [0.717, 1.165) is 18.7 Å². The van der Waals surface area contributed by atoms with E-state index in [0.29, 0.717) is 12.4 Å². The molecule has 0 atom stereocenters. The van der Waals surface area contributed by atoms with Crippen LogP contribution in [0.1, 0.15) is 35.9 Å². The van der Waals surface area contributed by atoms with Crippen LogP contribution in [0.2, 0.25) is 0 Å². The van der Waals surface area contributed by atoms with Crippen LogP contribution in [0.5, 0.6) is 0 Å². The number of aryl methyl sites for hydroxylation is 2. The van der Waals surface area contributed by atoms with Gasteiger partial charge >= 0.3 is 0 Å². The molecule has 0 aliphatic heterocycles. The number of rotatable bonds is 2. The number of hydrogen-bond donors (Lipinski definition) is 0. The summed E-state index contributed by atoms with van der Waals surface area (Å²) in [6.45, 7) is 2.47. The van der Waals surface area contributed by atoms with Crippen LogP contribution < -0.4 is 0 Å². The molecule has 16 heavy (non-hydrogen) atoms. The molecule has 2 aromatic heterocycles. The van der Waals surface area contributed by atoms with Crippen molar-refractivity contribution in [2.75, 3.05) is 0 Å². The third-order valence-corrected chi connectivity index (χ3v) is 2.99. The van der Waals surface area contributed by atoms with Gasteiger partial charge in [-0.15, -0.1) is 0 Å². The lowest BCUT2D eigenvalue weighted by Crippen LogP contribution is -2.09. The standard InChI is InChI=1S/C11H14N4O/c1-8-13-11(14-16-8)6-15-7-12-9-4-2-3-5-10(9)15/h7H,2-6H2,1H3. The predicted octanol–water partition coefficient (Wildman–Crippen LogP) is 1.50. The Morgan fingerprint density at radius 1 is 1.38 bits per heavy atom. The summed E-state index contributed by atoms with van der Waals surface area (Å²) < 4.78 is 7.10. The zero-order valence-electron chi connectivity index (χ0n) is 9.31. The largest absolute Gasteiger partial charge is 0.340 e. The molecule has 0 unspecified atom stereocenters. The minimum Gasteiger partial charge on any atom is -0.340 e. The fourth-order valence-corrected chi connectivity index (χ4v) is 2.23. The normalized spacial score (nSPS) is 15.1. The molecular weight excluding hydrogens is 204 g/mol. The van der Waals surface area contributed by atoms with Gasteiger partial charge in [0.05, 0.1) is 18.6 Å². The molecule has 0 bridgehead atoms. The molecule has 5 nitrogen and oxygen atoms in total. The topological polar surface area (TPSA) is 56.7 Å². The van der Waals surface area contributed by atoms with Crippen molar-refractivity contribution in [1.29, 1.82) is 0 Å². The van der Waals surface area contributed by atoms with E-state index in [1.54, 1.807) is 6.92 Å². The lowest BCUT2D eigenvalue weighted by atomic mass is 10.0. The molecule has 0 aromatic carbocycles. The fourth-order valence-electron chi connectivity index (χ4n) is 2.23. The maximum Gasteiger partial charge on any atom is 0.223 e. The molecule has 0 amide bonds. The van der Waals surface area contributed by atoms with Crippen LogP contribution in [0, 0.1) is 6.92 Å². The molecule has 2 heterocycles. The molecule has 1 aliphatic carbocycles. The molecule has 84 valence electrons. The molecule has 0 radical (unpaired) electrons. The van der Waals surface area contributed by atoms with Crippen LogP contribution in [0.25, 0.3) is 0 Å². The van der Waals surface area contributed by atoms with Gasteiger partial charge < -0.3 is 9.09 Å². The van der Waals surface area contributed by atoms with Crippen molar-refractivity contribution in [3.63, 3.8) is 0 Å². The smallest absolute Gasteiger partial charge is 0.223 e. The van der Waals surface area contributed by atoms with Crippen molar-refractivity contribution in [3.8, 4) is 0 Å². The van der Waals surface area contributed by atoms with Crippen LogP contribution in [0.4, 0.5) is 0 Å². The first-order chi connectivity index (χ1) is 7.83. The minimum absolute atomic E-state index is 0.615. The van der Waals surface area contributed by atoms with Crippen LogP contribution in [0.3, 0.4) is 0 Å². The molecule has 5 heteroatoms. The van der Waals surface area contributed by atoms with Crippen molar-refractivity contribution in [2.45, 2.75) is 39.2 Å². The molecule has 3 rings (SSSR count). The van der Waals surface area contributed by atoms with Gasteiger partial charge in [-0.2, -0.15) is 4.98 Å². The summed E-state index contributed by atoms with van der Waals surface area (Å²) in [5, 5.41) is 3.90. The van der Waals surface area contributed by atoms with E-state index in [2.05, 4.69) is 19.7 Å². The summed E-state index contributed by atoms with van der Waals surface area (Å²) in [4.78, 5) is 8.64. The van der Waals surface area contributed by atoms with Crippen LogP contribution in [0.15, 0.2) is 10.9 Å². The fraction of sp³-hybridized carbons (Fsp3) is 0.545. The molecule has 0 saturated carbocycles. The molecule has 0 spiro atoms. The van der Waals surface area contributed by atoms with Gasteiger partial charge in [-0.1, -0.05) is 5.16 Å². The van der Waals surface area contributed by atoms with Crippen molar-refractivity contribution in [2.24, 2.45) is 0 Å². The second-order valence-corrected chi connectivity index (χ2v) is 4.20. The SMILES string of the molecule is Cc1nc(Cn2cnc3c2CCCC3)no1. The molecule has 0 saturated heterocycles. The van der Waals surface area contributed by atoms with Gasteiger partial charge in [0.15, 0.2) is 5.82 Å². The highest BCUT2D eigenvalue weighted by Gasteiger charge is 2.16. The Morgan fingerprint density at radius 2 is 2.25 bits per heavy atom. The molecule has 1 aliphatic rings. The van der Waals surface area contributed by atoms with E-state index in [4.69, 9.17) is 4.52 Å². The van der Waals surface area contributed by atoms with E-state index >= 15 is 0 Å². The van der Waals surface area contributed by atoms with Crippen LogP contribution >= 0.6 is 0 Å². The Kier molecular flexibility index (Phi) is 2.23. The molecule has 0 N–H and O–H groups in total. The lowest BCUT2D eigenvalue weighted by Gasteiger charge is -2.12. The molecule has 0 fully saturated rings. The van der Waals surface area contributed by atoms with Crippen LogP contribution in [-0.2, 0) is 19.4 Å². The average molecular weight is 218 g/mol. The number of hydrogen-bond acceptors (Lipinski definition) is 4. The van der Waals surface area contributed by atoms with Gasteiger partial charge in [0.1, 0.15) is 0 Å². The maximum atomic E-state index is 4.96. The summed E-state index contributed by atoms with van der Waals surface area (Å²) in [5.41, 5.74) is 2.58. The summed E-state index contributed by atoms with van der Waals surface area (Å²) in [5.74, 6) is 1.34. The van der Waals surface area contributed by atoms with E-state index in [1.165, 1.54) is 24.2 Å². The van der Waals surface area contributed by atoms with E-state index in [-0.39, 0.29) is 0 Å². The highest BCUT2D eigenvalue weighted by Crippen LogP contribution is 2.20. The average Bonchev–Trinajstić information content (AvgIpc) is 2.87. The number of nitrogens with zero attached hydrogens (tertiary/aromatic N) is 4. The highest BCUT2D eigenvalue weighted by molar-refractivity contribution is 5.17. The molecule has 2 aromatic rings. The summed E-state index contributed by atoms with van der Waals surface area (Å²) in [6.07, 6.45) is 6.62. The Balaban J connectivity index is 1.87. The zero-order chi connectivity index (χ0) is 11.0. The first kappa shape index (κ1) is 9.57. The second kappa shape index (κ2) is 3.73. The van der Waals surface area contributed by atoms with Crippen LogP contribution in [-0.4, -0.2) is 19.7 Å². The Morgan fingerprint density at radius 3 is 3.06 bits per heavy atom. The van der Waals surface area contributed by atoms with Crippen molar-refractivity contribution in [1.82, 2.24) is 19.7 Å². The number of imidazole rings is 1. The van der Waals surface area contributed by atoms with E-state index in [1.807, 2.05) is 6.33 Å². The minimum atomic E-state index is 0.615. The summed E-state index contributed by atoms with van der Waals surface area (Å²) >= 11 is 0. The second-order valence-electron chi connectivity index (χ2n) is 4.20. The van der Waals surface area contributed by atoms with Crippen molar-refractivity contribution in [3.05, 3.63) is 29.4 Å². The number of aromatic nitrogens is 4. The summed E-state index contributed by atoms with van der Waals surface area (Å²) in [6, 6.07) is 0. The van der Waals surface area contributed by atoms with Crippen molar-refractivity contribution >= 4 is 0 Å². The predicted molar refractivity (Wildman–Crippen MR) is 57.0 cm³/mol. The first-order valence-electron chi connectivity index (χ1n) is 5.65. The van der Waals surface area contributed by atoms with Crippen molar-refractivity contribution < 1.29 is 4.52 Å². The highest BCUT2D eigenvalue weighted by atomic mass is 16.5. The third kappa shape index (κ3) is 1.62. The zero-order valence-corrected chi connectivity index (χ0v) is 9.31. The monoisotopic (exact) mass is 218 g/mol. The first-order valence-corrected chi connectivity index (χ1v) is 5.65. The van der Waals surface area contributed by atoms with Gasteiger partial charge in [-0.25, -0.2) is 4.98 Å². The van der Waals surface area contributed by atoms with Gasteiger partial charge in [0, 0.05) is 12.6 Å². The van der Waals surface area contributed by atoms with E-state index in [9.17, 15) is 0 Å². The maximum absolute atomic E-state index is 4.96. The van der Waals surface area contributed by atoms with Gasteiger partial charge in [-0.05, 0) is 25.7 Å². The van der Waals surface area contributed by atoms with Gasteiger partial charge in [-0.3, -0.25) is 0 Å². The van der Waals surface area contributed by atoms with E-state index < -0.39 is 0 Å². The number of fused-ring (bicyclic) bond motifs is 1. The molecular formula is C11H14N4O.